The van der Waals surface area contributed by atoms with Gasteiger partial charge in [-0.1, -0.05) is 63.3 Å². The van der Waals surface area contributed by atoms with E-state index in [0.29, 0.717) is 54.6 Å². The van der Waals surface area contributed by atoms with Crippen LogP contribution in [0.5, 0.6) is 0 Å². The van der Waals surface area contributed by atoms with Gasteiger partial charge in [0.25, 0.3) is 5.91 Å². The number of aryl methyl sites for hydroxylation is 2. The molecule has 0 bridgehead atoms. The summed E-state index contributed by atoms with van der Waals surface area (Å²) in [5.74, 6) is -0.000740. The van der Waals surface area contributed by atoms with Crippen molar-refractivity contribution in [2.24, 2.45) is 5.41 Å². The number of carbonyl (C=O) groups is 2. The van der Waals surface area contributed by atoms with Crippen LogP contribution in [-0.4, -0.2) is 48.1 Å². The normalized spacial score (nSPS) is 13.0. The fourth-order valence-corrected chi connectivity index (χ4v) is 5.36. The molecule has 3 heterocycles. The second kappa shape index (κ2) is 16.6. The van der Waals surface area contributed by atoms with Gasteiger partial charge >= 0.3 is 0 Å². The van der Waals surface area contributed by atoms with E-state index in [9.17, 15) is 14.0 Å². The zero-order chi connectivity index (χ0) is 31.2. The molecule has 4 rings (SSSR count). The highest BCUT2D eigenvalue weighted by Crippen LogP contribution is 2.30. The topological polar surface area (TPSA) is 96.4 Å². The molecule has 0 saturated carbocycles. The minimum atomic E-state index is -0.427. The number of nitrogens with one attached hydrogen (secondary N) is 2. The highest BCUT2D eigenvalue weighted by Gasteiger charge is 2.23. The Morgan fingerprint density at radius 2 is 1.59 bits per heavy atom. The summed E-state index contributed by atoms with van der Waals surface area (Å²) < 4.78 is 19.4. The van der Waals surface area contributed by atoms with Gasteiger partial charge in [-0.2, -0.15) is 0 Å². The number of halogens is 1. The molecular weight excluding hydrogens is 577 g/mol. The highest BCUT2D eigenvalue weighted by molar-refractivity contribution is 7.16. The average Bonchev–Trinajstić information content (AvgIpc) is 3.29. The summed E-state index contributed by atoms with van der Waals surface area (Å²) >= 11 is 1.57. The Morgan fingerprint density at radius 1 is 0.955 bits per heavy atom. The molecule has 0 atom stereocenters. The zero-order valence-electron chi connectivity index (χ0n) is 26.2. The third-order valence-corrected chi connectivity index (χ3v) is 8.16. The van der Waals surface area contributed by atoms with E-state index in [0.717, 1.165) is 17.0 Å². The van der Waals surface area contributed by atoms with E-state index < -0.39 is 5.82 Å². The van der Waals surface area contributed by atoms with Crippen LogP contribution in [0.25, 0.3) is 0 Å². The molecule has 1 fully saturated rings. The first-order valence-electron chi connectivity index (χ1n) is 14.4. The van der Waals surface area contributed by atoms with Crippen LogP contribution in [0.3, 0.4) is 0 Å². The van der Waals surface area contributed by atoms with Gasteiger partial charge in [0.2, 0.25) is 5.91 Å². The Labute approximate surface area is 267 Å². The summed E-state index contributed by atoms with van der Waals surface area (Å²) in [5.41, 5.74) is 4.26. The number of anilines is 3. The van der Waals surface area contributed by atoms with E-state index in [-0.39, 0.29) is 37.6 Å². The van der Waals surface area contributed by atoms with Crippen molar-refractivity contribution in [2.75, 3.05) is 41.8 Å². The van der Waals surface area contributed by atoms with Crippen molar-refractivity contribution in [3.8, 4) is 0 Å². The van der Waals surface area contributed by atoms with Crippen molar-refractivity contribution in [1.82, 2.24) is 9.97 Å². The number of aromatic nitrogens is 2. The molecular formula is C34H52FN5O3S. The van der Waals surface area contributed by atoms with Gasteiger partial charge in [-0.25, -0.2) is 9.37 Å². The highest BCUT2D eigenvalue weighted by atomic mass is 32.1. The lowest BCUT2D eigenvalue weighted by Crippen LogP contribution is -2.36. The van der Waals surface area contributed by atoms with Crippen molar-refractivity contribution < 1.29 is 18.7 Å². The van der Waals surface area contributed by atoms with E-state index >= 15 is 0 Å². The number of morpholine rings is 1. The van der Waals surface area contributed by atoms with Crippen molar-refractivity contribution in [2.45, 2.75) is 89.0 Å². The maximum atomic E-state index is 14.1. The van der Waals surface area contributed by atoms with Gasteiger partial charge in [-0.15, -0.1) is 11.3 Å². The van der Waals surface area contributed by atoms with Crippen LogP contribution in [0.2, 0.25) is 0 Å². The number of nitrogens with zero attached hydrogens (tertiary/aromatic N) is 3. The largest absolute Gasteiger partial charge is 0.378 e. The Morgan fingerprint density at radius 3 is 2.14 bits per heavy atom. The predicted molar refractivity (Wildman–Crippen MR) is 183 cm³/mol. The molecule has 2 N–H and O–H groups in total. The number of hydrogen-bond donors (Lipinski definition) is 2. The van der Waals surface area contributed by atoms with Crippen LogP contribution in [0.1, 0.15) is 107 Å². The van der Waals surface area contributed by atoms with Gasteiger partial charge in [0, 0.05) is 40.3 Å². The SMILES string of the molecule is C.C.Cc1nc(NC(=O)C(C)(C)C)sc1C(C)C.Cc1ncc(NC(=O)c2cc(F)cc(N3CCOCC3)c2)cc1C(C)C. The quantitative estimate of drug-likeness (QED) is 0.284. The lowest BCUT2D eigenvalue weighted by molar-refractivity contribution is -0.123. The van der Waals surface area contributed by atoms with E-state index in [4.69, 9.17) is 4.74 Å². The maximum absolute atomic E-state index is 14.1. The number of hydrogen-bond acceptors (Lipinski definition) is 7. The summed E-state index contributed by atoms with van der Waals surface area (Å²) in [4.78, 5) is 36.4. The van der Waals surface area contributed by atoms with Gasteiger partial charge in [0.15, 0.2) is 5.13 Å². The standard InChI is InChI=1S/C20H24FN3O2.C12H20N2OS.2CH4/c1-13(2)19-11-17(12-22-14(19)3)23-20(25)15-8-16(21)10-18(9-15)24-4-6-26-7-5-24;1-7(2)9-8(3)13-11(16-9)14-10(15)12(4,5)6;;/h8-13H,4-7H2,1-3H3,(H,23,25);7H,1-6H3,(H,13,14,15);2*1H4. The lowest BCUT2D eigenvalue weighted by Gasteiger charge is -2.29. The smallest absolute Gasteiger partial charge is 0.255 e. The van der Waals surface area contributed by atoms with Gasteiger partial charge < -0.3 is 20.3 Å². The van der Waals surface area contributed by atoms with E-state index in [1.807, 2.05) is 45.6 Å². The second-order valence-corrected chi connectivity index (χ2v) is 13.2. The van der Waals surface area contributed by atoms with Crippen molar-refractivity contribution >= 4 is 39.7 Å². The summed E-state index contributed by atoms with van der Waals surface area (Å²) in [7, 11) is 0. The molecule has 0 spiro atoms. The fraction of sp³-hybridized carbons (Fsp3) is 0.529. The lowest BCUT2D eigenvalue weighted by atomic mass is 9.96. The Hall–Kier alpha value is -3.37. The minimum Gasteiger partial charge on any atom is -0.378 e. The van der Waals surface area contributed by atoms with Crippen molar-refractivity contribution in [1.29, 1.82) is 0 Å². The van der Waals surface area contributed by atoms with Gasteiger partial charge in [0.05, 0.1) is 30.8 Å². The molecule has 1 aromatic carbocycles. The number of amides is 2. The Bertz CT molecular complexity index is 1390. The first-order valence-corrected chi connectivity index (χ1v) is 15.2. The van der Waals surface area contributed by atoms with E-state index in [1.54, 1.807) is 23.6 Å². The van der Waals surface area contributed by atoms with Crippen LogP contribution in [0.4, 0.5) is 20.9 Å². The Balaban J connectivity index is 0.000000468. The van der Waals surface area contributed by atoms with E-state index in [2.05, 4.69) is 48.3 Å². The molecule has 244 valence electrons. The van der Waals surface area contributed by atoms with Crippen LogP contribution >= 0.6 is 11.3 Å². The molecule has 3 aromatic rings. The van der Waals surface area contributed by atoms with Crippen LogP contribution in [0, 0.1) is 25.1 Å². The number of pyridine rings is 1. The molecule has 0 unspecified atom stereocenters. The second-order valence-electron chi connectivity index (χ2n) is 12.1. The summed E-state index contributed by atoms with van der Waals surface area (Å²) in [6.07, 6.45) is 1.63. The minimum absolute atomic E-state index is 0. The fourth-order valence-electron chi connectivity index (χ4n) is 4.40. The first kappa shape index (κ1) is 38.7. The number of carbonyl (C=O) groups excluding carboxylic acids is 2. The molecule has 1 saturated heterocycles. The third-order valence-electron chi connectivity index (χ3n) is 6.79. The van der Waals surface area contributed by atoms with E-state index in [1.165, 1.54) is 17.0 Å². The average molecular weight is 630 g/mol. The molecule has 0 aliphatic carbocycles. The zero-order valence-corrected chi connectivity index (χ0v) is 27.0. The van der Waals surface area contributed by atoms with Gasteiger partial charge in [-0.3, -0.25) is 14.6 Å². The number of rotatable bonds is 6. The summed E-state index contributed by atoms with van der Waals surface area (Å²) in [5, 5.41) is 6.40. The molecule has 2 amide bonds. The number of ether oxygens (including phenoxy) is 1. The number of benzene rings is 1. The molecule has 0 radical (unpaired) electrons. The van der Waals surface area contributed by atoms with Gasteiger partial charge in [-0.05, 0) is 55.5 Å². The third kappa shape index (κ3) is 10.7. The van der Waals surface area contributed by atoms with Crippen LogP contribution in [0.15, 0.2) is 30.5 Å². The van der Waals surface area contributed by atoms with Gasteiger partial charge in [0.1, 0.15) is 5.82 Å². The molecule has 1 aliphatic heterocycles. The summed E-state index contributed by atoms with van der Waals surface area (Å²) in [6, 6.07) is 6.35. The first-order chi connectivity index (χ1) is 19.6. The molecule has 10 heteroatoms. The Kier molecular flexibility index (Phi) is 14.6. The summed E-state index contributed by atoms with van der Waals surface area (Å²) in [6.45, 7) is 20.6. The van der Waals surface area contributed by atoms with Crippen LogP contribution < -0.4 is 15.5 Å². The maximum Gasteiger partial charge on any atom is 0.255 e. The van der Waals surface area contributed by atoms with Crippen LogP contribution in [-0.2, 0) is 9.53 Å². The number of thiazole rings is 1. The predicted octanol–water partition coefficient (Wildman–Crippen LogP) is 8.57. The van der Waals surface area contributed by atoms with Crippen molar-refractivity contribution in [3.63, 3.8) is 0 Å². The monoisotopic (exact) mass is 629 g/mol. The molecule has 44 heavy (non-hydrogen) atoms. The molecule has 2 aromatic heterocycles. The van der Waals surface area contributed by atoms with Crippen molar-refractivity contribution in [3.05, 3.63) is 63.7 Å². The molecule has 1 aliphatic rings. The molecule has 8 nitrogen and oxygen atoms in total.